The van der Waals surface area contributed by atoms with E-state index in [2.05, 4.69) is 16.5 Å². The molecule has 0 aliphatic heterocycles. The number of carbonyl (C=O) groups excluding carboxylic acids is 1. The van der Waals surface area contributed by atoms with Gasteiger partial charge in [0.25, 0.3) is 0 Å². The molecule has 0 atom stereocenters. The molecule has 1 aromatic rings. The molecule has 3 nitrogen and oxygen atoms in total. The molecule has 0 spiro atoms. The van der Waals surface area contributed by atoms with Gasteiger partial charge in [-0.15, -0.1) is 0 Å². The van der Waals surface area contributed by atoms with Crippen LogP contribution in [-0.4, -0.2) is 15.8 Å². The van der Waals surface area contributed by atoms with Gasteiger partial charge in [-0.1, -0.05) is 29.8 Å². The molecule has 12 heavy (non-hydrogen) atoms. The quantitative estimate of drug-likeness (QED) is 0.420. The summed E-state index contributed by atoms with van der Waals surface area (Å²) < 4.78 is 0. The van der Waals surface area contributed by atoms with Gasteiger partial charge in [0.1, 0.15) is 16.6 Å². The first-order valence-corrected chi connectivity index (χ1v) is 3.75. The number of aromatic nitrogens is 2. The summed E-state index contributed by atoms with van der Waals surface area (Å²) in [6, 6.07) is 0. The highest BCUT2D eigenvalue weighted by Gasteiger charge is 2.13. The van der Waals surface area contributed by atoms with Crippen molar-refractivity contribution in [2.45, 2.75) is 0 Å². The molecule has 1 heterocycles. The highest BCUT2D eigenvalue weighted by atomic mass is 35.5. The maximum Gasteiger partial charge on any atom is 0.191 e. The lowest BCUT2D eigenvalue weighted by Gasteiger charge is -1.98. The number of carbonyl (C=O) groups is 1. The monoisotopic (exact) mass is 202 g/mol. The molecule has 62 valence electrons. The van der Waals surface area contributed by atoms with Gasteiger partial charge < -0.3 is 0 Å². The number of hydrogen-bond acceptors (Lipinski definition) is 3. The summed E-state index contributed by atoms with van der Waals surface area (Å²) in [5.41, 5.74) is 0.0934. The van der Waals surface area contributed by atoms with E-state index in [-0.39, 0.29) is 21.7 Å². The fourth-order valence-electron chi connectivity index (χ4n) is 0.650. The lowest BCUT2D eigenvalue weighted by molar-refractivity contribution is 0.104. The molecule has 0 bridgehead atoms. The molecule has 0 fully saturated rings. The predicted molar refractivity (Wildman–Crippen MR) is 46.6 cm³/mol. The molecule has 1 aromatic heterocycles. The number of rotatable bonds is 2. The van der Waals surface area contributed by atoms with Gasteiger partial charge in [-0.2, -0.15) is 0 Å². The van der Waals surface area contributed by atoms with Crippen molar-refractivity contribution in [3.05, 3.63) is 34.9 Å². The Morgan fingerprint density at radius 1 is 1.42 bits per heavy atom. The van der Waals surface area contributed by atoms with E-state index in [1.54, 1.807) is 0 Å². The highest BCUT2D eigenvalue weighted by Crippen LogP contribution is 2.20. The van der Waals surface area contributed by atoms with Gasteiger partial charge >= 0.3 is 0 Å². The van der Waals surface area contributed by atoms with Crippen LogP contribution in [0.5, 0.6) is 0 Å². The third-order valence-electron chi connectivity index (χ3n) is 1.19. The Hall–Kier alpha value is -0.930. The molecule has 1 rings (SSSR count). The Morgan fingerprint density at radius 3 is 2.33 bits per heavy atom. The second-order valence-corrected chi connectivity index (χ2v) is 2.61. The number of halogens is 2. The van der Waals surface area contributed by atoms with Crippen LogP contribution in [-0.2, 0) is 0 Å². The largest absolute Gasteiger partial charge is 0.289 e. The van der Waals surface area contributed by atoms with Crippen LogP contribution in [0.15, 0.2) is 19.0 Å². The lowest BCUT2D eigenvalue weighted by Crippen LogP contribution is -1.99. The van der Waals surface area contributed by atoms with E-state index in [1.807, 2.05) is 0 Å². The molecule has 0 amide bonds. The predicted octanol–water partition coefficient (Wildman–Crippen LogP) is 2.15. The van der Waals surface area contributed by atoms with Crippen LogP contribution in [0.25, 0.3) is 0 Å². The molecule has 5 heteroatoms. The molecule has 0 saturated heterocycles. The average molecular weight is 203 g/mol. The van der Waals surface area contributed by atoms with Crippen LogP contribution in [0, 0.1) is 0 Å². The van der Waals surface area contributed by atoms with E-state index in [4.69, 9.17) is 23.2 Å². The summed E-state index contributed by atoms with van der Waals surface area (Å²) in [6.45, 7) is 3.30. The molecule has 0 aliphatic rings. The topological polar surface area (TPSA) is 42.9 Å². The fraction of sp³-hybridized carbons (Fsp3) is 0. The Labute approximate surface area is 79.0 Å². The van der Waals surface area contributed by atoms with Crippen LogP contribution in [0.3, 0.4) is 0 Å². The first kappa shape index (κ1) is 9.16. The molecule has 0 radical (unpaired) electrons. The Balaban J connectivity index is 3.30. The van der Waals surface area contributed by atoms with Crippen LogP contribution < -0.4 is 0 Å². The fourth-order valence-corrected chi connectivity index (χ4v) is 1.15. The summed E-state index contributed by atoms with van der Waals surface area (Å²) in [4.78, 5) is 18.3. The standard InChI is InChI=1S/C7H4Cl2N2O/c1-2-4(12)5-6(8)10-3-11-7(5)9/h2-3H,1H2. The van der Waals surface area contributed by atoms with Gasteiger partial charge in [-0.05, 0) is 6.08 Å². The van der Waals surface area contributed by atoms with Gasteiger partial charge in [0.05, 0.1) is 5.56 Å². The molecule has 0 saturated carbocycles. The van der Waals surface area contributed by atoms with Crippen LogP contribution in [0.1, 0.15) is 10.4 Å². The molecule has 0 aromatic carbocycles. The Morgan fingerprint density at radius 2 is 1.92 bits per heavy atom. The van der Waals surface area contributed by atoms with E-state index in [9.17, 15) is 4.79 Å². The molecule has 0 unspecified atom stereocenters. The van der Waals surface area contributed by atoms with Gasteiger partial charge in [0.15, 0.2) is 5.78 Å². The van der Waals surface area contributed by atoms with Gasteiger partial charge in [0.2, 0.25) is 0 Å². The molecular formula is C7H4Cl2N2O. The summed E-state index contributed by atoms with van der Waals surface area (Å²) in [7, 11) is 0. The number of ketones is 1. The Kier molecular flexibility index (Phi) is 2.78. The summed E-state index contributed by atoms with van der Waals surface area (Å²) >= 11 is 11.2. The summed E-state index contributed by atoms with van der Waals surface area (Å²) in [6.07, 6.45) is 2.29. The van der Waals surface area contributed by atoms with Crippen molar-refractivity contribution < 1.29 is 4.79 Å². The van der Waals surface area contributed by atoms with E-state index >= 15 is 0 Å². The smallest absolute Gasteiger partial charge is 0.191 e. The van der Waals surface area contributed by atoms with Gasteiger partial charge in [0, 0.05) is 0 Å². The Bertz CT molecular complexity index is 318. The SMILES string of the molecule is C=CC(=O)c1c(Cl)ncnc1Cl. The normalized spacial score (nSPS) is 9.50. The van der Waals surface area contributed by atoms with E-state index in [1.165, 1.54) is 6.33 Å². The van der Waals surface area contributed by atoms with Crippen molar-refractivity contribution in [2.75, 3.05) is 0 Å². The highest BCUT2D eigenvalue weighted by molar-refractivity contribution is 6.39. The maximum absolute atomic E-state index is 11.1. The number of hydrogen-bond donors (Lipinski definition) is 0. The number of nitrogens with zero attached hydrogens (tertiary/aromatic N) is 2. The zero-order chi connectivity index (χ0) is 9.14. The lowest BCUT2D eigenvalue weighted by atomic mass is 10.2. The second-order valence-electron chi connectivity index (χ2n) is 1.90. The zero-order valence-corrected chi connectivity index (χ0v) is 7.43. The zero-order valence-electron chi connectivity index (χ0n) is 5.92. The van der Waals surface area contributed by atoms with Gasteiger partial charge in [-0.3, -0.25) is 4.79 Å². The summed E-state index contributed by atoms with van der Waals surface area (Å²) in [5, 5.41) is 0.0831. The van der Waals surface area contributed by atoms with Crippen LogP contribution >= 0.6 is 23.2 Å². The van der Waals surface area contributed by atoms with Crippen molar-refractivity contribution >= 4 is 29.0 Å². The minimum atomic E-state index is -0.384. The third kappa shape index (κ3) is 1.62. The minimum absolute atomic E-state index is 0.0416. The van der Waals surface area contributed by atoms with E-state index < -0.39 is 0 Å². The van der Waals surface area contributed by atoms with Crippen molar-refractivity contribution in [1.82, 2.24) is 9.97 Å². The van der Waals surface area contributed by atoms with Crippen LogP contribution in [0.2, 0.25) is 10.3 Å². The molecular weight excluding hydrogens is 199 g/mol. The first-order valence-electron chi connectivity index (χ1n) is 2.99. The van der Waals surface area contributed by atoms with Crippen molar-refractivity contribution in [1.29, 1.82) is 0 Å². The molecule has 0 N–H and O–H groups in total. The van der Waals surface area contributed by atoms with Crippen LogP contribution in [0.4, 0.5) is 0 Å². The third-order valence-corrected chi connectivity index (χ3v) is 1.76. The second kappa shape index (κ2) is 3.65. The van der Waals surface area contributed by atoms with Gasteiger partial charge in [-0.25, -0.2) is 9.97 Å². The number of allylic oxidation sites excluding steroid dienone is 1. The minimum Gasteiger partial charge on any atom is -0.289 e. The van der Waals surface area contributed by atoms with Crippen molar-refractivity contribution in [2.24, 2.45) is 0 Å². The van der Waals surface area contributed by atoms with Crippen molar-refractivity contribution in [3.8, 4) is 0 Å². The van der Waals surface area contributed by atoms with Crippen molar-refractivity contribution in [3.63, 3.8) is 0 Å². The first-order chi connectivity index (χ1) is 5.66. The summed E-state index contributed by atoms with van der Waals surface area (Å²) in [5.74, 6) is -0.384. The van der Waals surface area contributed by atoms with E-state index in [0.717, 1.165) is 6.08 Å². The molecule has 0 aliphatic carbocycles. The van der Waals surface area contributed by atoms with E-state index in [0.29, 0.717) is 0 Å². The average Bonchev–Trinajstić information content (AvgIpc) is 2.03. The maximum atomic E-state index is 11.1.